The van der Waals surface area contributed by atoms with Crippen molar-refractivity contribution in [3.63, 3.8) is 0 Å². The lowest BCUT2D eigenvalue weighted by Gasteiger charge is -2.04. The van der Waals surface area contributed by atoms with Crippen LogP contribution in [0.4, 0.5) is 18.0 Å². The number of carbonyl (C=O) groups is 1. The Morgan fingerprint density at radius 2 is 2.16 bits per heavy atom. The largest absolute Gasteiger partial charge is 0.434 e. The van der Waals surface area contributed by atoms with Gasteiger partial charge in [-0.3, -0.25) is 4.98 Å². The van der Waals surface area contributed by atoms with Gasteiger partial charge in [-0.2, -0.15) is 23.0 Å². The van der Waals surface area contributed by atoms with Gasteiger partial charge in [0.1, 0.15) is 10.7 Å². The first-order chi connectivity index (χ1) is 11.9. The number of nitrogens with one attached hydrogen (secondary N) is 1. The summed E-state index contributed by atoms with van der Waals surface area (Å²) in [6.07, 6.45) is -0.363. The highest BCUT2D eigenvalue weighted by molar-refractivity contribution is 7.18. The lowest BCUT2D eigenvalue weighted by atomic mass is 10.2. The molecule has 3 aromatic rings. The van der Waals surface area contributed by atoms with Crippen LogP contribution in [-0.4, -0.2) is 32.3 Å². The third-order valence-electron chi connectivity index (χ3n) is 3.16. The van der Waals surface area contributed by atoms with Crippen LogP contribution in [-0.2, 0) is 6.18 Å². The fourth-order valence-electron chi connectivity index (χ4n) is 2.09. The summed E-state index contributed by atoms with van der Waals surface area (Å²) in [5.41, 5.74) is -0.517. The molecule has 3 aromatic heterocycles. The summed E-state index contributed by atoms with van der Waals surface area (Å²) in [6.45, 7) is 2.11. The minimum Gasteiger partial charge on any atom is -0.336 e. The van der Waals surface area contributed by atoms with E-state index in [0.29, 0.717) is 12.1 Å². The van der Waals surface area contributed by atoms with Crippen molar-refractivity contribution in [1.82, 2.24) is 25.1 Å². The van der Waals surface area contributed by atoms with Gasteiger partial charge in [0.2, 0.25) is 0 Å². The lowest BCUT2D eigenvalue weighted by Crippen LogP contribution is -2.28. The van der Waals surface area contributed by atoms with Gasteiger partial charge in [-0.1, -0.05) is 0 Å². The number of hydrogen-bond donors (Lipinski definition) is 1. The first-order valence-corrected chi connectivity index (χ1v) is 8.04. The molecule has 0 saturated heterocycles. The van der Waals surface area contributed by atoms with Crippen molar-refractivity contribution in [3.8, 4) is 21.1 Å². The SMILES string of the molecule is CCNC(=O)n1ccc(-c2sc(-c3cccnc3)nc2C(F)(F)F)n1. The number of pyridine rings is 1. The van der Waals surface area contributed by atoms with Crippen molar-refractivity contribution in [2.45, 2.75) is 13.1 Å². The maximum Gasteiger partial charge on any atom is 0.434 e. The Balaban J connectivity index is 2.06. The Bertz CT molecular complexity index is 888. The van der Waals surface area contributed by atoms with E-state index in [0.717, 1.165) is 16.0 Å². The van der Waals surface area contributed by atoms with E-state index in [1.165, 1.54) is 24.7 Å². The van der Waals surface area contributed by atoms with Crippen molar-refractivity contribution in [3.05, 3.63) is 42.5 Å². The van der Waals surface area contributed by atoms with Gasteiger partial charge in [-0.15, -0.1) is 11.3 Å². The van der Waals surface area contributed by atoms with Crippen LogP contribution in [0.3, 0.4) is 0 Å². The molecule has 0 unspecified atom stereocenters. The number of amides is 1. The first kappa shape index (κ1) is 17.1. The van der Waals surface area contributed by atoms with Crippen LogP contribution in [0.5, 0.6) is 0 Å². The molecule has 3 rings (SSSR count). The fraction of sp³-hybridized carbons (Fsp3) is 0.200. The number of alkyl halides is 3. The molecule has 0 aliphatic rings. The summed E-state index contributed by atoms with van der Waals surface area (Å²) in [4.78, 5) is 19.2. The third kappa shape index (κ3) is 3.53. The topological polar surface area (TPSA) is 72.7 Å². The number of thiazole rings is 1. The van der Waals surface area contributed by atoms with Crippen molar-refractivity contribution < 1.29 is 18.0 Å². The molecule has 6 nitrogen and oxygen atoms in total. The van der Waals surface area contributed by atoms with E-state index in [4.69, 9.17) is 0 Å². The molecule has 0 fully saturated rings. The quantitative estimate of drug-likeness (QED) is 0.767. The lowest BCUT2D eigenvalue weighted by molar-refractivity contribution is -0.140. The maximum atomic E-state index is 13.4. The van der Waals surface area contributed by atoms with E-state index in [-0.39, 0.29) is 15.6 Å². The number of carbonyl (C=O) groups excluding carboxylic acids is 1. The predicted octanol–water partition coefficient (Wildman–Crippen LogP) is 3.67. The van der Waals surface area contributed by atoms with Crippen LogP contribution >= 0.6 is 11.3 Å². The second-order valence-electron chi connectivity index (χ2n) is 4.92. The summed E-state index contributed by atoms with van der Waals surface area (Å²) in [5.74, 6) is 0. The second-order valence-corrected chi connectivity index (χ2v) is 5.92. The van der Waals surface area contributed by atoms with E-state index < -0.39 is 17.9 Å². The smallest absolute Gasteiger partial charge is 0.336 e. The predicted molar refractivity (Wildman–Crippen MR) is 86.0 cm³/mol. The van der Waals surface area contributed by atoms with Crippen molar-refractivity contribution in [2.75, 3.05) is 6.54 Å². The molecule has 0 spiro atoms. The fourth-order valence-corrected chi connectivity index (χ4v) is 3.13. The molecular weight excluding hydrogens is 355 g/mol. The zero-order valence-corrected chi connectivity index (χ0v) is 13.7. The minimum atomic E-state index is -4.64. The first-order valence-electron chi connectivity index (χ1n) is 7.23. The Morgan fingerprint density at radius 1 is 1.36 bits per heavy atom. The average molecular weight is 367 g/mol. The van der Waals surface area contributed by atoms with Gasteiger partial charge < -0.3 is 5.32 Å². The number of aromatic nitrogens is 4. The van der Waals surface area contributed by atoms with Crippen LogP contribution in [0.15, 0.2) is 36.8 Å². The van der Waals surface area contributed by atoms with Gasteiger partial charge in [-0.05, 0) is 25.1 Å². The zero-order chi connectivity index (χ0) is 18.0. The maximum absolute atomic E-state index is 13.4. The van der Waals surface area contributed by atoms with Gasteiger partial charge in [0.25, 0.3) is 0 Å². The molecule has 1 amide bonds. The van der Waals surface area contributed by atoms with E-state index >= 15 is 0 Å². The number of rotatable bonds is 3. The van der Waals surface area contributed by atoms with E-state index in [1.807, 2.05) is 0 Å². The van der Waals surface area contributed by atoms with Crippen LogP contribution in [0.2, 0.25) is 0 Å². The summed E-state index contributed by atoms with van der Waals surface area (Å²) >= 11 is 0.852. The summed E-state index contributed by atoms with van der Waals surface area (Å²) in [7, 11) is 0. The number of hydrogen-bond acceptors (Lipinski definition) is 5. The highest BCUT2D eigenvalue weighted by atomic mass is 32.1. The molecule has 0 aliphatic heterocycles. The molecule has 0 radical (unpaired) electrons. The van der Waals surface area contributed by atoms with E-state index in [2.05, 4.69) is 20.4 Å². The highest BCUT2D eigenvalue weighted by Crippen LogP contribution is 2.42. The van der Waals surface area contributed by atoms with Crippen molar-refractivity contribution in [1.29, 1.82) is 0 Å². The minimum absolute atomic E-state index is 0.0335. The highest BCUT2D eigenvalue weighted by Gasteiger charge is 2.38. The van der Waals surface area contributed by atoms with Gasteiger partial charge in [0.05, 0.1) is 4.88 Å². The van der Waals surface area contributed by atoms with Crippen molar-refractivity contribution in [2.24, 2.45) is 0 Å². The molecule has 0 atom stereocenters. The molecule has 0 aromatic carbocycles. The van der Waals surface area contributed by atoms with Crippen LogP contribution < -0.4 is 5.32 Å². The molecule has 10 heteroatoms. The summed E-state index contributed by atoms with van der Waals surface area (Å²) in [5, 5.41) is 6.64. The van der Waals surface area contributed by atoms with Gasteiger partial charge in [0.15, 0.2) is 5.69 Å². The average Bonchev–Trinajstić information content (AvgIpc) is 3.22. The molecule has 0 saturated carbocycles. The van der Waals surface area contributed by atoms with Crippen LogP contribution in [0, 0.1) is 0 Å². The number of nitrogens with zero attached hydrogens (tertiary/aromatic N) is 4. The van der Waals surface area contributed by atoms with Gasteiger partial charge in [-0.25, -0.2) is 9.78 Å². The van der Waals surface area contributed by atoms with Crippen LogP contribution in [0.25, 0.3) is 21.1 Å². The summed E-state index contributed by atoms with van der Waals surface area (Å²) in [6, 6.07) is 4.08. The monoisotopic (exact) mass is 367 g/mol. The normalized spacial score (nSPS) is 11.5. The summed E-state index contributed by atoms with van der Waals surface area (Å²) < 4.78 is 41.1. The van der Waals surface area contributed by atoms with E-state index in [9.17, 15) is 18.0 Å². The Labute approximate surface area is 144 Å². The second kappa shape index (κ2) is 6.63. The molecule has 1 N–H and O–H groups in total. The zero-order valence-electron chi connectivity index (χ0n) is 12.9. The standard InChI is InChI=1S/C15H12F3N5OS/c1-2-20-14(24)23-7-5-10(22-23)11-12(15(16,17)18)21-13(25-11)9-4-3-6-19-8-9/h3-8H,2H2,1H3,(H,20,24). The molecule has 0 aliphatic carbocycles. The van der Waals surface area contributed by atoms with Crippen molar-refractivity contribution >= 4 is 17.4 Å². The van der Waals surface area contributed by atoms with Crippen LogP contribution in [0.1, 0.15) is 12.6 Å². The third-order valence-corrected chi connectivity index (χ3v) is 4.29. The Hall–Kier alpha value is -2.75. The molecule has 3 heterocycles. The molecule has 0 bridgehead atoms. The number of halogens is 3. The van der Waals surface area contributed by atoms with Gasteiger partial charge in [0, 0.05) is 30.7 Å². The molecule has 25 heavy (non-hydrogen) atoms. The Morgan fingerprint density at radius 3 is 2.80 bits per heavy atom. The molecular formula is C15H12F3N5OS. The van der Waals surface area contributed by atoms with Gasteiger partial charge >= 0.3 is 12.2 Å². The Kier molecular flexibility index (Phi) is 4.53. The molecule has 130 valence electrons. The van der Waals surface area contributed by atoms with E-state index in [1.54, 1.807) is 19.1 Å².